The van der Waals surface area contributed by atoms with Crippen molar-refractivity contribution in [2.45, 2.75) is 51.3 Å². The van der Waals surface area contributed by atoms with Crippen molar-refractivity contribution in [2.24, 2.45) is 5.73 Å². The molecule has 0 saturated heterocycles. The number of hydrogen-bond acceptors (Lipinski definition) is 6. The second-order valence-corrected chi connectivity index (χ2v) is 5.21. The second kappa shape index (κ2) is 11.6. The first kappa shape index (κ1) is 21.0. The minimum Gasteiger partial charge on any atom is -0.391 e. The number of carbonyl (C=O) groups is 4. The molecule has 0 aromatic carbocycles. The predicted octanol–water partition coefficient (Wildman–Crippen LogP) is -2.20. The Kier molecular flexibility index (Phi) is 10.5. The van der Waals surface area contributed by atoms with E-state index in [0.717, 1.165) is 0 Å². The maximum absolute atomic E-state index is 12.1. The minimum atomic E-state index is -1.04. The molecule has 132 valence electrons. The van der Waals surface area contributed by atoms with Gasteiger partial charge in [-0.05, 0) is 26.2 Å². The standard InChI is InChI=1S/C14H26N4O5/c1-9(20)12(8-19)18-14(23)11(17-13(22)7-15)5-3-4-6-16-10(2)21/h8-9,11-12,20H,3-7,15H2,1-2H3,(H,16,21)(H,17,22)(H,18,23)/t9-,11+,12-/m1/s1. The minimum absolute atomic E-state index is 0.138. The number of aldehydes is 1. The molecule has 0 saturated carbocycles. The number of carbonyl (C=O) groups excluding carboxylic acids is 4. The lowest BCUT2D eigenvalue weighted by Crippen LogP contribution is -2.53. The molecule has 0 rings (SSSR count). The Morgan fingerprint density at radius 2 is 1.87 bits per heavy atom. The summed E-state index contributed by atoms with van der Waals surface area (Å²) >= 11 is 0. The average molecular weight is 330 g/mol. The van der Waals surface area contributed by atoms with Crippen LogP contribution < -0.4 is 21.7 Å². The van der Waals surface area contributed by atoms with Crippen LogP contribution in [0.1, 0.15) is 33.1 Å². The van der Waals surface area contributed by atoms with Gasteiger partial charge in [-0.25, -0.2) is 0 Å². The van der Waals surface area contributed by atoms with Gasteiger partial charge in [0.15, 0.2) is 0 Å². The molecule has 0 aliphatic carbocycles. The van der Waals surface area contributed by atoms with Crippen LogP contribution in [0.25, 0.3) is 0 Å². The molecule has 3 amide bonds. The predicted molar refractivity (Wildman–Crippen MR) is 83.2 cm³/mol. The van der Waals surface area contributed by atoms with Gasteiger partial charge >= 0.3 is 0 Å². The van der Waals surface area contributed by atoms with E-state index in [1.54, 1.807) is 0 Å². The summed E-state index contributed by atoms with van der Waals surface area (Å²) < 4.78 is 0. The van der Waals surface area contributed by atoms with Crippen molar-refractivity contribution in [3.8, 4) is 0 Å². The number of nitrogens with one attached hydrogen (secondary N) is 3. The maximum Gasteiger partial charge on any atom is 0.243 e. The van der Waals surface area contributed by atoms with Crippen LogP contribution in [0.2, 0.25) is 0 Å². The number of rotatable bonds is 11. The molecule has 0 heterocycles. The lowest BCUT2D eigenvalue weighted by molar-refractivity contribution is -0.130. The molecule has 0 aromatic rings. The van der Waals surface area contributed by atoms with Crippen LogP contribution >= 0.6 is 0 Å². The molecule has 0 aliphatic heterocycles. The van der Waals surface area contributed by atoms with E-state index in [1.807, 2.05) is 0 Å². The third-order valence-corrected chi connectivity index (χ3v) is 3.11. The van der Waals surface area contributed by atoms with Crippen LogP contribution in [-0.4, -0.2) is 60.4 Å². The molecule has 3 atom stereocenters. The Labute approximate surface area is 135 Å². The molecule has 9 nitrogen and oxygen atoms in total. The van der Waals surface area contributed by atoms with Crippen molar-refractivity contribution in [1.29, 1.82) is 0 Å². The van der Waals surface area contributed by atoms with E-state index in [1.165, 1.54) is 13.8 Å². The Hall–Kier alpha value is -2.00. The molecule has 23 heavy (non-hydrogen) atoms. The Balaban J connectivity index is 4.53. The van der Waals surface area contributed by atoms with Gasteiger partial charge < -0.3 is 31.6 Å². The topological polar surface area (TPSA) is 151 Å². The van der Waals surface area contributed by atoms with Gasteiger partial charge in [-0.3, -0.25) is 14.4 Å². The zero-order valence-electron chi connectivity index (χ0n) is 13.5. The third kappa shape index (κ3) is 9.59. The molecule has 0 spiro atoms. The lowest BCUT2D eigenvalue weighted by Gasteiger charge is -2.22. The summed E-state index contributed by atoms with van der Waals surface area (Å²) in [6.07, 6.45) is 0.921. The highest BCUT2D eigenvalue weighted by molar-refractivity contribution is 5.89. The zero-order valence-corrected chi connectivity index (χ0v) is 13.5. The first-order valence-corrected chi connectivity index (χ1v) is 7.49. The van der Waals surface area contributed by atoms with Crippen LogP contribution in [-0.2, 0) is 19.2 Å². The Morgan fingerprint density at radius 3 is 2.35 bits per heavy atom. The summed E-state index contributed by atoms with van der Waals surface area (Å²) in [5, 5.41) is 16.9. The highest BCUT2D eigenvalue weighted by Crippen LogP contribution is 2.02. The van der Waals surface area contributed by atoms with Gasteiger partial charge in [-0.1, -0.05) is 0 Å². The molecule has 9 heteroatoms. The summed E-state index contributed by atoms with van der Waals surface area (Å²) in [7, 11) is 0. The van der Waals surface area contributed by atoms with E-state index in [9.17, 15) is 24.3 Å². The first-order chi connectivity index (χ1) is 10.8. The molecule has 0 aromatic heterocycles. The average Bonchev–Trinajstić information content (AvgIpc) is 2.49. The van der Waals surface area contributed by atoms with Gasteiger partial charge in [0.25, 0.3) is 0 Å². The highest BCUT2D eigenvalue weighted by Gasteiger charge is 2.24. The molecule has 0 bridgehead atoms. The van der Waals surface area contributed by atoms with E-state index >= 15 is 0 Å². The number of aliphatic hydroxyl groups excluding tert-OH is 1. The van der Waals surface area contributed by atoms with Gasteiger partial charge in [-0.2, -0.15) is 0 Å². The second-order valence-electron chi connectivity index (χ2n) is 5.21. The van der Waals surface area contributed by atoms with Crippen molar-refractivity contribution in [1.82, 2.24) is 16.0 Å². The van der Waals surface area contributed by atoms with Crippen LogP contribution in [0.15, 0.2) is 0 Å². The van der Waals surface area contributed by atoms with Crippen molar-refractivity contribution >= 4 is 24.0 Å². The number of aliphatic hydroxyl groups is 1. The first-order valence-electron chi connectivity index (χ1n) is 7.49. The Bertz CT molecular complexity index is 414. The van der Waals surface area contributed by atoms with Gasteiger partial charge in [0.1, 0.15) is 18.4 Å². The van der Waals surface area contributed by atoms with Crippen LogP contribution in [0.4, 0.5) is 0 Å². The van der Waals surface area contributed by atoms with Gasteiger partial charge in [0.05, 0.1) is 12.6 Å². The van der Waals surface area contributed by atoms with Crippen molar-refractivity contribution in [3.63, 3.8) is 0 Å². The monoisotopic (exact) mass is 330 g/mol. The smallest absolute Gasteiger partial charge is 0.243 e. The van der Waals surface area contributed by atoms with Crippen LogP contribution in [0, 0.1) is 0 Å². The lowest BCUT2D eigenvalue weighted by atomic mass is 10.1. The van der Waals surface area contributed by atoms with E-state index in [2.05, 4.69) is 16.0 Å². The fourth-order valence-electron chi connectivity index (χ4n) is 1.79. The summed E-state index contributed by atoms with van der Waals surface area (Å²) in [5.74, 6) is -1.20. The fourth-order valence-corrected chi connectivity index (χ4v) is 1.79. The number of hydrogen-bond donors (Lipinski definition) is 5. The van der Waals surface area contributed by atoms with Crippen molar-refractivity contribution in [2.75, 3.05) is 13.1 Å². The summed E-state index contributed by atoms with van der Waals surface area (Å²) in [5.41, 5.74) is 5.22. The van der Waals surface area contributed by atoms with Gasteiger partial charge in [0, 0.05) is 13.5 Å². The number of amides is 3. The number of nitrogens with two attached hydrogens (primary N) is 1. The molecular formula is C14H26N4O5. The summed E-state index contributed by atoms with van der Waals surface area (Å²) in [6, 6.07) is -1.90. The normalized spacial score (nSPS) is 14.3. The molecule has 0 aliphatic rings. The molecule has 0 unspecified atom stereocenters. The molecule has 0 radical (unpaired) electrons. The maximum atomic E-state index is 12.1. The zero-order chi connectivity index (χ0) is 17.8. The molecule has 0 fully saturated rings. The van der Waals surface area contributed by atoms with E-state index in [-0.39, 0.29) is 12.5 Å². The van der Waals surface area contributed by atoms with Crippen molar-refractivity contribution in [3.05, 3.63) is 0 Å². The van der Waals surface area contributed by atoms with Gasteiger partial charge in [-0.15, -0.1) is 0 Å². The Morgan fingerprint density at radius 1 is 1.22 bits per heavy atom. The third-order valence-electron chi connectivity index (χ3n) is 3.11. The quantitative estimate of drug-likeness (QED) is 0.214. The largest absolute Gasteiger partial charge is 0.391 e. The SMILES string of the molecule is CC(=O)NCCCC[C@H](NC(=O)CN)C(=O)N[C@H](C=O)[C@@H](C)O. The number of unbranched alkanes of at least 4 members (excludes halogenated alkanes) is 1. The van der Waals surface area contributed by atoms with E-state index in [4.69, 9.17) is 5.73 Å². The molecular weight excluding hydrogens is 304 g/mol. The van der Waals surface area contributed by atoms with Crippen molar-refractivity contribution < 1.29 is 24.3 Å². The van der Waals surface area contributed by atoms with Crippen LogP contribution in [0.5, 0.6) is 0 Å². The van der Waals surface area contributed by atoms with E-state index in [0.29, 0.717) is 32.1 Å². The van der Waals surface area contributed by atoms with E-state index < -0.39 is 30.0 Å². The molecule has 6 N–H and O–H groups in total. The highest BCUT2D eigenvalue weighted by atomic mass is 16.3. The van der Waals surface area contributed by atoms with Gasteiger partial charge in [0.2, 0.25) is 17.7 Å². The summed E-state index contributed by atoms with van der Waals surface area (Å²) in [4.78, 5) is 45.1. The van der Waals surface area contributed by atoms with Crippen LogP contribution in [0.3, 0.4) is 0 Å². The fraction of sp³-hybridized carbons (Fsp3) is 0.714. The summed E-state index contributed by atoms with van der Waals surface area (Å²) in [6.45, 7) is 3.00.